The van der Waals surface area contributed by atoms with Gasteiger partial charge in [-0.1, -0.05) is 17.7 Å². The van der Waals surface area contributed by atoms with Gasteiger partial charge in [-0.25, -0.2) is 9.48 Å². The molecular weight excluding hydrogens is 307 g/mol. The number of carbonyl (C=O) groups is 1. The van der Waals surface area contributed by atoms with Crippen LogP contribution < -0.4 is 0 Å². The second kappa shape index (κ2) is 4.50. The molecule has 88 valence electrons. The molecule has 0 amide bonds. The predicted molar refractivity (Wildman–Crippen MR) is 68.0 cm³/mol. The fourth-order valence-electron chi connectivity index (χ4n) is 1.45. The van der Waals surface area contributed by atoms with E-state index in [-0.39, 0.29) is 5.69 Å². The molecule has 0 aliphatic rings. The number of benzene rings is 1. The molecule has 17 heavy (non-hydrogen) atoms. The number of aromatic nitrogens is 2. The van der Waals surface area contributed by atoms with Gasteiger partial charge in [-0.05, 0) is 40.5 Å². The number of rotatable bonds is 2. The molecule has 0 bridgehead atoms. The van der Waals surface area contributed by atoms with Crippen molar-refractivity contribution in [3.8, 4) is 5.69 Å². The summed E-state index contributed by atoms with van der Waals surface area (Å²) in [6, 6.07) is 5.37. The van der Waals surface area contributed by atoms with Crippen molar-refractivity contribution in [1.82, 2.24) is 9.78 Å². The summed E-state index contributed by atoms with van der Waals surface area (Å²) >= 11 is 9.07. The highest BCUT2D eigenvalue weighted by molar-refractivity contribution is 9.10. The number of aromatic carboxylic acids is 1. The van der Waals surface area contributed by atoms with Gasteiger partial charge in [-0.3, -0.25) is 0 Å². The Bertz CT molecular complexity index is 595. The van der Waals surface area contributed by atoms with Crippen molar-refractivity contribution in [2.75, 3.05) is 0 Å². The number of carboxylic acid groups (broad SMARTS) is 1. The molecule has 0 spiro atoms. The maximum Gasteiger partial charge on any atom is 0.357 e. The van der Waals surface area contributed by atoms with E-state index in [0.717, 1.165) is 11.3 Å². The molecule has 6 heteroatoms. The Morgan fingerprint density at radius 3 is 2.82 bits per heavy atom. The highest BCUT2D eigenvalue weighted by Crippen LogP contribution is 2.22. The highest BCUT2D eigenvalue weighted by atomic mass is 79.9. The van der Waals surface area contributed by atoms with Crippen LogP contribution in [-0.4, -0.2) is 20.9 Å². The molecule has 0 saturated carbocycles. The molecule has 2 aromatic rings. The summed E-state index contributed by atoms with van der Waals surface area (Å²) in [7, 11) is 0. The third kappa shape index (κ3) is 2.35. The minimum atomic E-state index is -1.07. The van der Waals surface area contributed by atoms with Crippen LogP contribution in [0.1, 0.15) is 16.1 Å². The Morgan fingerprint density at radius 1 is 1.53 bits per heavy atom. The number of hydrogen-bond donors (Lipinski definition) is 1. The first kappa shape index (κ1) is 12.1. The van der Waals surface area contributed by atoms with Gasteiger partial charge in [-0.2, -0.15) is 5.10 Å². The van der Waals surface area contributed by atoms with E-state index in [0.29, 0.717) is 9.50 Å². The van der Waals surface area contributed by atoms with Crippen LogP contribution in [0.5, 0.6) is 0 Å². The van der Waals surface area contributed by atoms with Crippen LogP contribution in [0, 0.1) is 6.92 Å². The SMILES string of the molecule is Cc1ccc(Cl)cc1-n1cc(Br)c(C(=O)O)n1. The molecule has 1 heterocycles. The van der Waals surface area contributed by atoms with Crippen LogP contribution in [0.25, 0.3) is 5.69 Å². The summed E-state index contributed by atoms with van der Waals surface area (Å²) < 4.78 is 1.93. The second-order valence-electron chi connectivity index (χ2n) is 3.51. The summed E-state index contributed by atoms with van der Waals surface area (Å²) in [5.41, 5.74) is 1.69. The first-order valence-corrected chi connectivity index (χ1v) is 5.91. The third-order valence-electron chi connectivity index (χ3n) is 2.29. The smallest absolute Gasteiger partial charge is 0.357 e. The second-order valence-corrected chi connectivity index (χ2v) is 4.80. The lowest BCUT2D eigenvalue weighted by molar-refractivity contribution is 0.0689. The zero-order valence-electron chi connectivity index (χ0n) is 8.82. The number of aryl methyl sites for hydroxylation is 1. The molecule has 0 fully saturated rings. The number of nitrogens with zero attached hydrogens (tertiary/aromatic N) is 2. The van der Waals surface area contributed by atoms with Crippen molar-refractivity contribution in [2.24, 2.45) is 0 Å². The van der Waals surface area contributed by atoms with Crippen molar-refractivity contribution in [3.05, 3.63) is 45.1 Å². The van der Waals surface area contributed by atoms with E-state index < -0.39 is 5.97 Å². The zero-order valence-corrected chi connectivity index (χ0v) is 11.2. The monoisotopic (exact) mass is 314 g/mol. The maximum absolute atomic E-state index is 10.9. The van der Waals surface area contributed by atoms with E-state index in [1.807, 2.05) is 13.0 Å². The summed E-state index contributed by atoms with van der Waals surface area (Å²) in [4.78, 5) is 10.9. The van der Waals surface area contributed by atoms with Crippen molar-refractivity contribution in [3.63, 3.8) is 0 Å². The average Bonchev–Trinajstić information content (AvgIpc) is 2.64. The molecule has 2 rings (SSSR count). The topological polar surface area (TPSA) is 55.1 Å². The molecule has 0 saturated heterocycles. The number of halogens is 2. The van der Waals surface area contributed by atoms with E-state index in [1.165, 1.54) is 4.68 Å². The van der Waals surface area contributed by atoms with E-state index >= 15 is 0 Å². The standard InChI is InChI=1S/C11H8BrClN2O2/c1-6-2-3-7(13)4-9(6)15-5-8(12)10(14-15)11(16)17/h2-5H,1H3,(H,16,17). The van der Waals surface area contributed by atoms with Crippen molar-refractivity contribution in [1.29, 1.82) is 0 Å². The Balaban J connectivity index is 2.57. The van der Waals surface area contributed by atoms with E-state index in [4.69, 9.17) is 16.7 Å². The predicted octanol–water partition coefficient (Wildman–Crippen LogP) is 3.29. The van der Waals surface area contributed by atoms with Crippen molar-refractivity contribution >= 4 is 33.5 Å². The minimum Gasteiger partial charge on any atom is -0.476 e. The molecule has 0 atom stereocenters. The van der Waals surface area contributed by atoms with Gasteiger partial charge in [0, 0.05) is 11.2 Å². The van der Waals surface area contributed by atoms with Crippen LogP contribution in [0.3, 0.4) is 0 Å². The minimum absolute atomic E-state index is 0.0237. The summed E-state index contributed by atoms with van der Waals surface area (Å²) in [5.74, 6) is -1.07. The lowest BCUT2D eigenvalue weighted by Gasteiger charge is -2.05. The van der Waals surface area contributed by atoms with E-state index in [1.54, 1.807) is 18.3 Å². The van der Waals surface area contributed by atoms with Crippen LogP contribution in [0.15, 0.2) is 28.9 Å². The van der Waals surface area contributed by atoms with Gasteiger partial charge in [0.05, 0.1) is 10.2 Å². The fourth-order valence-corrected chi connectivity index (χ4v) is 2.06. The molecule has 1 aromatic carbocycles. The molecule has 1 N–H and O–H groups in total. The lowest BCUT2D eigenvalue weighted by Crippen LogP contribution is -2.02. The van der Waals surface area contributed by atoms with E-state index in [2.05, 4.69) is 21.0 Å². The summed E-state index contributed by atoms with van der Waals surface area (Å²) in [5, 5.41) is 13.5. The quantitative estimate of drug-likeness (QED) is 0.925. The molecule has 0 unspecified atom stereocenters. The van der Waals surface area contributed by atoms with Gasteiger partial charge in [0.25, 0.3) is 0 Å². The van der Waals surface area contributed by atoms with E-state index in [9.17, 15) is 4.79 Å². The normalized spacial score (nSPS) is 10.5. The average molecular weight is 316 g/mol. The van der Waals surface area contributed by atoms with Crippen LogP contribution in [0.4, 0.5) is 0 Å². The summed E-state index contributed by atoms with van der Waals surface area (Å²) in [6.45, 7) is 1.90. The molecule has 0 aliphatic carbocycles. The van der Waals surface area contributed by atoms with Gasteiger partial charge >= 0.3 is 5.97 Å². The lowest BCUT2D eigenvalue weighted by atomic mass is 10.2. The van der Waals surface area contributed by atoms with Gasteiger partial charge in [-0.15, -0.1) is 0 Å². The van der Waals surface area contributed by atoms with Crippen molar-refractivity contribution < 1.29 is 9.90 Å². The Hall–Kier alpha value is -1.33. The van der Waals surface area contributed by atoms with Gasteiger partial charge in [0.1, 0.15) is 0 Å². The molecule has 0 radical (unpaired) electrons. The fraction of sp³-hybridized carbons (Fsp3) is 0.0909. The largest absolute Gasteiger partial charge is 0.476 e. The maximum atomic E-state index is 10.9. The molecule has 0 aliphatic heterocycles. The zero-order chi connectivity index (χ0) is 12.6. The molecule has 4 nitrogen and oxygen atoms in total. The van der Waals surface area contributed by atoms with Gasteiger partial charge in [0.2, 0.25) is 0 Å². The Kier molecular flexibility index (Phi) is 3.22. The van der Waals surface area contributed by atoms with Crippen molar-refractivity contribution in [2.45, 2.75) is 6.92 Å². The number of hydrogen-bond acceptors (Lipinski definition) is 2. The van der Waals surface area contributed by atoms with Crippen LogP contribution >= 0.6 is 27.5 Å². The van der Waals surface area contributed by atoms with Crippen LogP contribution in [0.2, 0.25) is 5.02 Å². The van der Waals surface area contributed by atoms with Crippen LogP contribution in [-0.2, 0) is 0 Å². The molecule has 1 aromatic heterocycles. The Morgan fingerprint density at radius 2 is 2.24 bits per heavy atom. The Labute approximate surface area is 111 Å². The third-order valence-corrected chi connectivity index (χ3v) is 3.11. The summed E-state index contributed by atoms with van der Waals surface area (Å²) in [6.07, 6.45) is 1.60. The molecular formula is C11H8BrClN2O2. The first-order valence-electron chi connectivity index (χ1n) is 4.74. The highest BCUT2D eigenvalue weighted by Gasteiger charge is 2.15. The van der Waals surface area contributed by atoms with Gasteiger partial charge < -0.3 is 5.11 Å². The van der Waals surface area contributed by atoms with Gasteiger partial charge in [0.15, 0.2) is 5.69 Å². The number of carboxylic acids is 1. The first-order chi connectivity index (χ1) is 7.99.